The van der Waals surface area contributed by atoms with Crippen LogP contribution in [0.1, 0.15) is 73.9 Å². The van der Waals surface area contributed by atoms with Crippen molar-refractivity contribution in [2.45, 2.75) is 69.6 Å². The van der Waals surface area contributed by atoms with Gasteiger partial charge in [-0.3, -0.25) is 14.3 Å². The number of carbonyl (C=O) groups is 2. The predicted octanol–water partition coefficient (Wildman–Crippen LogP) is 5.61. The molecule has 1 fully saturated rings. The molecular formula is C34H44N2O5S. The second kappa shape index (κ2) is 13.1. The van der Waals surface area contributed by atoms with E-state index in [-0.39, 0.29) is 34.8 Å². The Balaban J connectivity index is 1.57. The number of carbonyl (C=O) groups excluding carboxylic acids is 2. The highest BCUT2D eigenvalue weighted by Crippen LogP contribution is 2.46. The van der Waals surface area contributed by atoms with Gasteiger partial charge in [0.05, 0.1) is 17.5 Å². The van der Waals surface area contributed by atoms with Crippen LogP contribution >= 0.6 is 0 Å². The Labute approximate surface area is 252 Å². The van der Waals surface area contributed by atoms with Crippen LogP contribution in [-0.2, 0) is 26.9 Å². The van der Waals surface area contributed by atoms with Crippen LogP contribution < -0.4 is 14.4 Å². The van der Waals surface area contributed by atoms with Gasteiger partial charge in [-0.15, -0.1) is 0 Å². The van der Waals surface area contributed by atoms with Crippen LogP contribution in [0.5, 0.6) is 5.75 Å². The van der Waals surface area contributed by atoms with Crippen molar-refractivity contribution in [1.29, 1.82) is 0 Å². The van der Waals surface area contributed by atoms with Crippen LogP contribution in [0.25, 0.3) is 0 Å². The molecule has 2 bridgehead atoms. The third-order valence-corrected chi connectivity index (χ3v) is 11.2. The predicted molar refractivity (Wildman–Crippen MR) is 167 cm³/mol. The summed E-state index contributed by atoms with van der Waals surface area (Å²) in [5.74, 6) is 0.803. The van der Waals surface area contributed by atoms with Crippen molar-refractivity contribution in [3.05, 3.63) is 71.3 Å². The number of aryl methyl sites for hydroxylation is 1. The average Bonchev–Trinajstić information content (AvgIpc) is 3.17. The SMILES string of the molecule is CCCc1ccccc1C1COc2ccc3cc2N(C1)CC1CCC1C(C=O)(OC)/C=C/CC(C)C(C)S(=O)NC3=O. The fourth-order valence-electron chi connectivity index (χ4n) is 6.72. The van der Waals surface area contributed by atoms with Crippen molar-refractivity contribution in [1.82, 2.24) is 4.72 Å². The molecule has 1 saturated carbocycles. The minimum absolute atomic E-state index is 0.0251. The topological polar surface area (TPSA) is 84.9 Å². The van der Waals surface area contributed by atoms with Crippen molar-refractivity contribution >= 4 is 28.9 Å². The molecule has 1 amide bonds. The number of ether oxygens (including phenoxy) is 2. The van der Waals surface area contributed by atoms with Crippen molar-refractivity contribution in [2.75, 3.05) is 31.7 Å². The van der Waals surface area contributed by atoms with E-state index in [2.05, 4.69) is 40.8 Å². The number of hydrogen-bond donors (Lipinski definition) is 1. The van der Waals surface area contributed by atoms with Gasteiger partial charge in [0.1, 0.15) is 22.3 Å². The van der Waals surface area contributed by atoms with E-state index in [1.54, 1.807) is 13.2 Å². The van der Waals surface area contributed by atoms with Crippen LogP contribution in [-0.4, -0.2) is 54.1 Å². The Bertz CT molecular complexity index is 1340. The number of aldehydes is 1. The fraction of sp³-hybridized carbons (Fsp3) is 0.529. The lowest BCUT2D eigenvalue weighted by Crippen LogP contribution is -2.52. The van der Waals surface area contributed by atoms with Crippen molar-refractivity contribution in [3.63, 3.8) is 0 Å². The lowest BCUT2D eigenvalue weighted by Gasteiger charge is -2.47. The van der Waals surface area contributed by atoms with Crippen LogP contribution in [0.2, 0.25) is 0 Å². The first-order valence-corrected chi connectivity index (χ1v) is 16.5. The normalized spacial score (nSPS) is 32.4. The van der Waals surface area contributed by atoms with E-state index >= 15 is 0 Å². The molecule has 1 aliphatic carbocycles. The number of rotatable bonds is 5. The standard InChI is InChI=1S/C34H44N2O5S/c1-5-9-25-11-6-7-12-29(25)28-20-36-19-27-13-15-30(27)34(22-37,40-4)17-8-10-23(2)24(3)42(39)35-33(38)26-14-16-32(41-21-28)31(36)18-26/h6-8,11-12,14,16-18,22-24,27-28,30H,5,9-10,13,15,19-21H2,1-4H3,(H,35,38)/b17-8+. The molecule has 7 nitrogen and oxygen atoms in total. The number of methoxy groups -OCH3 is 1. The largest absolute Gasteiger partial charge is 0.491 e. The Morgan fingerprint density at radius 2 is 1.98 bits per heavy atom. The van der Waals surface area contributed by atoms with E-state index in [4.69, 9.17) is 9.47 Å². The summed E-state index contributed by atoms with van der Waals surface area (Å²) in [4.78, 5) is 28.3. The molecule has 2 aliphatic heterocycles. The third-order valence-electron chi connectivity index (χ3n) is 9.67. The number of anilines is 1. The van der Waals surface area contributed by atoms with Crippen LogP contribution in [0.15, 0.2) is 54.6 Å². The molecule has 0 aromatic heterocycles. The molecule has 2 aromatic carbocycles. The van der Waals surface area contributed by atoms with Gasteiger partial charge in [-0.1, -0.05) is 50.6 Å². The maximum Gasteiger partial charge on any atom is 0.263 e. The maximum absolute atomic E-state index is 13.3. The molecule has 0 saturated heterocycles. The monoisotopic (exact) mass is 592 g/mol. The molecule has 2 heterocycles. The number of allylic oxidation sites excluding steroid dienone is 1. The molecule has 3 aliphatic rings. The number of nitrogens with zero attached hydrogens (tertiary/aromatic N) is 1. The van der Waals surface area contributed by atoms with Crippen molar-refractivity contribution in [3.8, 4) is 5.75 Å². The number of hydrogen-bond acceptors (Lipinski definition) is 6. The maximum atomic E-state index is 13.3. The van der Waals surface area contributed by atoms with E-state index < -0.39 is 16.6 Å². The molecule has 226 valence electrons. The highest BCUT2D eigenvalue weighted by molar-refractivity contribution is 7.84. The Kier molecular flexibility index (Phi) is 9.53. The van der Waals surface area contributed by atoms with Gasteiger partial charge in [0.2, 0.25) is 0 Å². The van der Waals surface area contributed by atoms with Gasteiger partial charge in [0, 0.05) is 37.6 Å². The Morgan fingerprint density at radius 3 is 2.69 bits per heavy atom. The quantitative estimate of drug-likeness (QED) is 0.359. The van der Waals surface area contributed by atoms with E-state index in [9.17, 15) is 13.8 Å². The summed E-state index contributed by atoms with van der Waals surface area (Å²) in [6.45, 7) is 8.05. The first kappa shape index (κ1) is 30.5. The van der Waals surface area contributed by atoms with E-state index in [0.717, 1.165) is 50.0 Å². The Hall–Kier alpha value is -2.97. The van der Waals surface area contributed by atoms with E-state index in [1.165, 1.54) is 11.1 Å². The van der Waals surface area contributed by atoms with Gasteiger partial charge < -0.3 is 14.4 Å². The third kappa shape index (κ3) is 6.06. The molecule has 0 radical (unpaired) electrons. The number of fused-ring (bicyclic) bond motifs is 2. The van der Waals surface area contributed by atoms with Gasteiger partial charge in [-0.2, -0.15) is 0 Å². The highest BCUT2D eigenvalue weighted by atomic mass is 32.2. The first-order chi connectivity index (χ1) is 20.3. The van der Waals surface area contributed by atoms with Crippen molar-refractivity contribution < 1.29 is 23.3 Å². The molecule has 7 atom stereocenters. The summed E-state index contributed by atoms with van der Waals surface area (Å²) in [5.41, 5.74) is 2.94. The molecule has 42 heavy (non-hydrogen) atoms. The average molecular weight is 593 g/mol. The zero-order chi connectivity index (χ0) is 29.9. The fourth-order valence-corrected chi connectivity index (χ4v) is 7.74. The molecule has 2 aromatic rings. The van der Waals surface area contributed by atoms with Crippen molar-refractivity contribution in [2.24, 2.45) is 17.8 Å². The smallest absolute Gasteiger partial charge is 0.263 e. The molecule has 0 spiro atoms. The van der Waals surface area contributed by atoms with Crippen LogP contribution in [0.3, 0.4) is 0 Å². The minimum atomic E-state index is -1.57. The Morgan fingerprint density at radius 1 is 1.17 bits per heavy atom. The van der Waals surface area contributed by atoms with E-state index in [0.29, 0.717) is 25.1 Å². The van der Waals surface area contributed by atoms with Gasteiger partial charge >= 0.3 is 0 Å². The summed E-state index contributed by atoms with van der Waals surface area (Å²) in [6.07, 6.45) is 9.44. The summed E-state index contributed by atoms with van der Waals surface area (Å²) in [6, 6.07) is 14.1. The summed E-state index contributed by atoms with van der Waals surface area (Å²) in [7, 11) is 0.0448. The molecule has 1 N–H and O–H groups in total. The van der Waals surface area contributed by atoms with Gasteiger partial charge in [0.15, 0.2) is 6.29 Å². The lowest BCUT2D eigenvalue weighted by molar-refractivity contribution is -0.135. The van der Waals surface area contributed by atoms with Gasteiger partial charge in [0.25, 0.3) is 5.91 Å². The lowest BCUT2D eigenvalue weighted by atomic mass is 9.64. The van der Waals surface area contributed by atoms with Gasteiger partial charge in [-0.05, 0) is 79.8 Å². The molecule has 5 rings (SSSR count). The van der Waals surface area contributed by atoms with Crippen LogP contribution in [0, 0.1) is 17.8 Å². The van der Waals surface area contributed by atoms with Gasteiger partial charge in [-0.25, -0.2) is 4.21 Å². The van der Waals surface area contributed by atoms with E-state index in [1.807, 2.05) is 38.1 Å². The summed E-state index contributed by atoms with van der Waals surface area (Å²) in [5, 5.41) is -0.277. The highest BCUT2D eigenvalue weighted by Gasteiger charge is 2.47. The number of amides is 1. The summed E-state index contributed by atoms with van der Waals surface area (Å²) >= 11 is 0. The minimum Gasteiger partial charge on any atom is -0.491 e. The molecule has 8 heteroatoms. The number of nitrogens with one attached hydrogen (secondary N) is 1. The second-order valence-electron chi connectivity index (χ2n) is 12.2. The van der Waals surface area contributed by atoms with Crippen LogP contribution in [0.4, 0.5) is 5.69 Å². The number of benzene rings is 2. The molecular weight excluding hydrogens is 548 g/mol. The zero-order valence-corrected chi connectivity index (χ0v) is 26.0. The zero-order valence-electron chi connectivity index (χ0n) is 25.2. The molecule has 7 unspecified atom stereocenters. The second-order valence-corrected chi connectivity index (χ2v) is 13.8. The summed E-state index contributed by atoms with van der Waals surface area (Å²) < 4.78 is 28.3. The first-order valence-electron chi connectivity index (χ1n) is 15.3.